The van der Waals surface area contributed by atoms with Crippen molar-refractivity contribution in [3.63, 3.8) is 0 Å². The monoisotopic (exact) mass is 298 g/mol. The lowest BCUT2D eigenvalue weighted by Gasteiger charge is -2.06. The average Bonchev–Trinajstić information content (AvgIpc) is 2.83. The zero-order valence-electron chi connectivity index (χ0n) is 10.9. The quantitative estimate of drug-likeness (QED) is 0.881. The maximum absolute atomic E-state index is 13.7. The first-order valence-electron chi connectivity index (χ1n) is 5.73. The normalized spacial score (nSPS) is 10.4. The van der Waals surface area contributed by atoms with Gasteiger partial charge in [-0.1, -0.05) is 0 Å². The van der Waals surface area contributed by atoms with Gasteiger partial charge in [0.05, 0.1) is 24.9 Å². The number of hydrogen-bond donors (Lipinski definition) is 1. The van der Waals surface area contributed by atoms with Crippen LogP contribution in [0.5, 0.6) is 0 Å². The highest BCUT2D eigenvalue weighted by molar-refractivity contribution is 7.13. The first kappa shape index (κ1) is 14.4. The van der Waals surface area contributed by atoms with Crippen molar-refractivity contribution in [1.82, 2.24) is 4.98 Å². The van der Waals surface area contributed by atoms with Crippen LogP contribution in [0.3, 0.4) is 0 Å². The third kappa shape index (κ3) is 3.30. The molecule has 0 aliphatic rings. The number of methoxy groups -OCH3 is 1. The summed E-state index contributed by atoms with van der Waals surface area (Å²) in [5, 5.41) is 4.73. The zero-order chi connectivity index (χ0) is 14.7. The Morgan fingerprint density at radius 2 is 2.15 bits per heavy atom. The van der Waals surface area contributed by atoms with E-state index in [0.717, 1.165) is 12.1 Å². The molecule has 2 aromatic rings. The van der Waals surface area contributed by atoms with Crippen molar-refractivity contribution in [2.45, 2.75) is 13.3 Å². The number of ether oxygens (including phenoxy) is 1. The number of hydrogen-bond acceptors (Lipinski definition) is 5. The number of carbonyl (C=O) groups excluding carboxylic acids is 1. The van der Waals surface area contributed by atoms with E-state index in [0.29, 0.717) is 10.8 Å². The van der Waals surface area contributed by atoms with Gasteiger partial charge in [-0.15, -0.1) is 11.3 Å². The Kier molecular flexibility index (Phi) is 4.29. The highest BCUT2D eigenvalue weighted by Gasteiger charge is 2.11. The van der Waals surface area contributed by atoms with Gasteiger partial charge in [-0.3, -0.25) is 4.79 Å². The molecule has 2 rings (SSSR count). The molecule has 1 N–H and O–H groups in total. The molecule has 0 saturated carbocycles. The van der Waals surface area contributed by atoms with E-state index < -0.39 is 17.6 Å². The maximum Gasteiger partial charge on any atom is 0.311 e. The van der Waals surface area contributed by atoms with E-state index in [9.17, 15) is 13.6 Å². The molecule has 0 atom stereocenters. The number of aryl methyl sites for hydroxylation is 1. The first-order valence-corrected chi connectivity index (χ1v) is 6.61. The molecule has 0 bridgehead atoms. The zero-order valence-corrected chi connectivity index (χ0v) is 11.7. The van der Waals surface area contributed by atoms with Crippen LogP contribution in [0.25, 0.3) is 0 Å². The average molecular weight is 298 g/mol. The molecule has 1 heterocycles. The molecule has 0 aliphatic carbocycles. The number of rotatable bonds is 4. The molecule has 0 aliphatic heterocycles. The number of thiazole rings is 1. The Morgan fingerprint density at radius 3 is 2.85 bits per heavy atom. The number of aromatic nitrogens is 1. The molecular weight excluding hydrogens is 286 g/mol. The molecule has 0 spiro atoms. The van der Waals surface area contributed by atoms with E-state index in [-0.39, 0.29) is 17.7 Å². The minimum absolute atomic E-state index is 0.00654. The topological polar surface area (TPSA) is 51.2 Å². The Balaban J connectivity index is 2.14. The molecule has 0 radical (unpaired) electrons. The third-order valence-electron chi connectivity index (χ3n) is 2.59. The minimum Gasteiger partial charge on any atom is -0.469 e. The second kappa shape index (κ2) is 5.96. The summed E-state index contributed by atoms with van der Waals surface area (Å²) in [4.78, 5) is 15.2. The molecule has 106 valence electrons. The number of nitrogens with zero attached hydrogens (tertiary/aromatic N) is 1. The maximum atomic E-state index is 13.7. The van der Waals surface area contributed by atoms with Gasteiger partial charge in [0.15, 0.2) is 5.13 Å². The smallest absolute Gasteiger partial charge is 0.311 e. The lowest BCUT2D eigenvalue weighted by molar-refractivity contribution is -0.139. The summed E-state index contributed by atoms with van der Waals surface area (Å²) >= 11 is 1.20. The predicted octanol–water partition coefficient (Wildman–Crippen LogP) is 3.19. The van der Waals surface area contributed by atoms with E-state index in [1.807, 2.05) is 0 Å². The van der Waals surface area contributed by atoms with Crippen LogP contribution in [0, 0.1) is 18.6 Å². The molecule has 7 heteroatoms. The van der Waals surface area contributed by atoms with Crippen LogP contribution in [0.4, 0.5) is 19.6 Å². The van der Waals surface area contributed by atoms with E-state index in [2.05, 4.69) is 15.0 Å². The molecule has 0 saturated heterocycles. The van der Waals surface area contributed by atoms with Gasteiger partial charge in [-0.2, -0.15) is 0 Å². The van der Waals surface area contributed by atoms with Crippen LogP contribution in [-0.2, 0) is 16.0 Å². The standard InChI is InChI=1S/C13H12F2N2O2S/c1-7-3-10(15)11(5-9(7)14)17-13-16-8(6-20-13)4-12(18)19-2/h3,5-6H,4H2,1-2H3,(H,16,17). The molecule has 1 aromatic carbocycles. The van der Waals surface area contributed by atoms with Crippen molar-refractivity contribution in [3.8, 4) is 0 Å². The minimum atomic E-state index is -0.561. The molecule has 1 aromatic heterocycles. The predicted molar refractivity (Wildman–Crippen MR) is 72.2 cm³/mol. The number of halogens is 2. The SMILES string of the molecule is COC(=O)Cc1csc(Nc2cc(F)c(C)cc2F)n1. The fourth-order valence-corrected chi connectivity index (χ4v) is 2.25. The Bertz CT molecular complexity index is 643. The van der Waals surface area contributed by atoms with Crippen molar-refractivity contribution < 1.29 is 18.3 Å². The Morgan fingerprint density at radius 1 is 1.40 bits per heavy atom. The van der Waals surface area contributed by atoms with Gasteiger partial charge in [-0.05, 0) is 18.6 Å². The number of nitrogens with one attached hydrogen (secondary N) is 1. The van der Waals surface area contributed by atoms with Gasteiger partial charge in [0.2, 0.25) is 0 Å². The summed E-state index contributed by atoms with van der Waals surface area (Å²) in [6.45, 7) is 1.49. The second-order valence-corrected chi connectivity index (χ2v) is 4.96. The van der Waals surface area contributed by atoms with Crippen LogP contribution in [0.1, 0.15) is 11.3 Å². The van der Waals surface area contributed by atoms with Gasteiger partial charge in [0.25, 0.3) is 0 Å². The fourth-order valence-electron chi connectivity index (χ4n) is 1.52. The highest BCUT2D eigenvalue weighted by atomic mass is 32.1. The first-order chi connectivity index (χ1) is 9.49. The van der Waals surface area contributed by atoms with E-state index in [1.54, 1.807) is 5.38 Å². The van der Waals surface area contributed by atoms with Crippen LogP contribution in [0.2, 0.25) is 0 Å². The lowest BCUT2D eigenvalue weighted by atomic mass is 10.2. The highest BCUT2D eigenvalue weighted by Crippen LogP contribution is 2.25. The summed E-state index contributed by atoms with van der Waals surface area (Å²) in [5.41, 5.74) is 0.753. The Hall–Kier alpha value is -2.02. The van der Waals surface area contributed by atoms with Crippen molar-refractivity contribution in [3.05, 3.63) is 40.4 Å². The van der Waals surface area contributed by atoms with Crippen LogP contribution in [0.15, 0.2) is 17.5 Å². The van der Waals surface area contributed by atoms with Gasteiger partial charge in [-0.25, -0.2) is 13.8 Å². The van der Waals surface area contributed by atoms with Gasteiger partial charge in [0, 0.05) is 11.4 Å². The van der Waals surface area contributed by atoms with E-state index in [1.165, 1.54) is 25.4 Å². The third-order valence-corrected chi connectivity index (χ3v) is 3.40. The van der Waals surface area contributed by atoms with E-state index >= 15 is 0 Å². The van der Waals surface area contributed by atoms with E-state index in [4.69, 9.17) is 0 Å². The molecule has 0 amide bonds. The molecule has 4 nitrogen and oxygen atoms in total. The summed E-state index contributed by atoms with van der Waals surface area (Å²) < 4.78 is 31.6. The summed E-state index contributed by atoms with van der Waals surface area (Å²) in [6.07, 6.45) is 0.0411. The second-order valence-electron chi connectivity index (χ2n) is 4.10. The number of carbonyl (C=O) groups is 1. The largest absolute Gasteiger partial charge is 0.469 e. The number of anilines is 2. The number of esters is 1. The molecule has 0 fully saturated rings. The van der Waals surface area contributed by atoms with Crippen molar-refractivity contribution in [2.75, 3.05) is 12.4 Å². The molecule has 0 unspecified atom stereocenters. The molecular formula is C13H12F2N2O2S. The van der Waals surface area contributed by atoms with Crippen LogP contribution >= 0.6 is 11.3 Å². The Labute approximate surface area is 118 Å². The van der Waals surface area contributed by atoms with Gasteiger partial charge < -0.3 is 10.1 Å². The number of benzene rings is 1. The summed E-state index contributed by atoms with van der Waals surface area (Å²) in [5.74, 6) is -1.47. The van der Waals surface area contributed by atoms with Crippen LogP contribution in [-0.4, -0.2) is 18.1 Å². The van der Waals surface area contributed by atoms with Crippen molar-refractivity contribution in [2.24, 2.45) is 0 Å². The van der Waals surface area contributed by atoms with Gasteiger partial charge in [0.1, 0.15) is 11.6 Å². The lowest BCUT2D eigenvalue weighted by Crippen LogP contribution is -2.04. The van der Waals surface area contributed by atoms with Crippen LogP contribution < -0.4 is 5.32 Å². The van der Waals surface area contributed by atoms with Crippen molar-refractivity contribution >= 4 is 28.1 Å². The summed E-state index contributed by atoms with van der Waals surface area (Å²) in [7, 11) is 1.29. The summed E-state index contributed by atoms with van der Waals surface area (Å²) in [6, 6.07) is 2.19. The fraction of sp³-hybridized carbons (Fsp3) is 0.231. The van der Waals surface area contributed by atoms with Crippen molar-refractivity contribution in [1.29, 1.82) is 0 Å². The van der Waals surface area contributed by atoms with Gasteiger partial charge >= 0.3 is 5.97 Å². The molecule has 20 heavy (non-hydrogen) atoms.